The zero-order valence-electron chi connectivity index (χ0n) is 10.4. The van der Waals surface area contributed by atoms with Crippen LogP contribution in [0.4, 0.5) is 5.69 Å². The van der Waals surface area contributed by atoms with Crippen LogP contribution in [-0.2, 0) is 0 Å². The molecule has 0 saturated carbocycles. The first kappa shape index (κ1) is 15.2. The van der Waals surface area contributed by atoms with E-state index in [4.69, 9.17) is 28.3 Å². The van der Waals surface area contributed by atoms with E-state index >= 15 is 0 Å². The highest BCUT2D eigenvalue weighted by Gasteiger charge is 2.17. The van der Waals surface area contributed by atoms with Gasteiger partial charge in [-0.3, -0.25) is 4.79 Å². The Balaban J connectivity index is 2.34. The summed E-state index contributed by atoms with van der Waals surface area (Å²) in [6, 6.07) is 8.36. The van der Waals surface area contributed by atoms with Crippen molar-refractivity contribution < 1.29 is 19.8 Å². The summed E-state index contributed by atoms with van der Waals surface area (Å²) in [5, 5.41) is 21.6. The van der Waals surface area contributed by atoms with Gasteiger partial charge >= 0.3 is 5.97 Å². The molecule has 2 aromatic carbocycles. The van der Waals surface area contributed by atoms with Crippen LogP contribution in [-0.4, -0.2) is 22.1 Å². The van der Waals surface area contributed by atoms with Gasteiger partial charge in [0.15, 0.2) is 5.75 Å². The van der Waals surface area contributed by atoms with Gasteiger partial charge in [0.05, 0.1) is 16.3 Å². The molecule has 0 heterocycles. The summed E-state index contributed by atoms with van der Waals surface area (Å²) in [6.07, 6.45) is 0. The molecule has 0 spiro atoms. The number of rotatable bonds is 3. The van der Waals surface area contributed by atoms with Crippen LogP contribution in [0.15, 0.2) is 36.4 Å². The van der Waals surface area contributed by atoms with E-state index in [0.717, 1.165) is 0 Å². The van der Waals surface area contributed by atoms with Crippen molar-refractivity contribution in [1.29, 1.82) is 0 Å². The van der Waals surface area contributed by atoms with Crippen molar-refractivity contribution in [2.24, 2.45) is 0 Å². The average molecular weight is 326 g/mol. The van der Waals surface area contributed by atoms with Crippen LogP contribution in [0.25, 0.3) is 0 Å². The number of amides is 1. The minimum Gasteiger partial charge on any atom is -0.505 e. The maximum Gasteiger partial charge on any atom is 0.339 e. The summed E-state index contributed by atoms with van der Waals surface area (Å²) < 4.78 is 0. The molecular weight excluding hydrogens is 317 g/mol. The first-order chi connectivity index (χ1) is 9.90. The number of hydrogen-bond donors (Lipinski definition) is 3. The summed E-state index contributed by atoms with van der Waals surface area (Å²) in [4.78, 5) is 23.0. The minimum atomic E-state index is -1.30. The molecule has 5 nitrogen and oxygen atoms in total. The third kappa shape index (κ3) is 3.26. The van der Waals surface area contributed by atoms with Crippen LogP contribution < -0.4 is 5.32 Å². The number of nitrogens with one attached hydrogen (secondary N) is 1. The SMILES string of the molecule is O=C(Nc1cccc(C(=O)O)c1O)c1cc(Cl)ccc1Cl. The summed E-state index contributed by atoms with van der Waals surface area (Å²) in [6.45, 7) is 0. The van der Waals surface area contributed by atoms with Crippen LogP contribution >= 0.6 is 23.2 Å². The zero-order chi connectivity index (χ0) is 15.6. The lowest BCUT2D eigenvalue weighted by molar-refractivity contribution is 0.0693. The maximum absolute atomic E-state index is 12.1. The van der Waals surface area contributed by atoms with Gasteiger partial charge in [-0.15, -0.1) is 0 Å². The van der Waals surface area contributed by atoms with Gasteiger partial charge < -0.3 is 15.5 Å². The smallest absolute Gasteiger partial charge is 0.339 e. The topological polar surface area (TPSA) is 86.6 Å². The number of phenols is 1. The zero-order valence-corrected chi connectivity index (χ0v) is 11.9. The Morgan fingerprint density at radius 1 is 1.05 bits per heavy atom. The highest BCUT2D eigenvalue weighted by atomic mass is 35.5. The summed E-state index contributed by atoms with van der Waals surface area (Å²) in [5.41, 5.74) is -0.231. The molecule has 1 amide bonds. The Hall–Kier alpha value is -2.24. The first-order valence-corrected chi connectivity index (χ1v) is 6.47. The fourth-order valence-corrected chi connectivity index (χ4v) is 2.05. The van der Waals surface area contributed by atoms with Gasteiger partial charge in [0, 0.05) is 5.02 Å². The van der Waals surface area contributed by atoms with Gasteiger partial charge in [0.25, 0.3) is 5.91 Å². The molecule has 0 bridgehead atoms. The van der Waals surface area contributed by atoms with E-state index < -0.39 is 17.6 Å². The van der Waals surface area contributed by atoms with E-state index in [2.05, 4.69) is 5.32 Å². The van der Waals surface area contributed by atoms with Crippen molar-refractivity contribution in [2.45, 2.75) is 0 Å². The molecule has 0 aromatic heterocycles. The number of carbonyl (C=O) groups is 2. The molecule has 0 fully saturated rings. The van der Waals surface area contributed by atoms with Crippen molar-refractivity contribution in [3.8, 4) is 5.75 Å². The molecule has 0 aliphatic carbocycles. The minimum absolute atomic E-state index is 0.0315. The number of hydrogen-bond acceptors (Lipinski definition) is 3. The average Bonchev–Trinajstić information content (AvgIpc) is 2.43. The lowest BCUT2D eigenvalue weighted by Gasteiger charge is -2.10. The van der Waals surface area contributed by atoms with E-state index in [-0.39, 0.29) is 21.8 Å². The summed E-state index contributed by atoms with van der Waals surface area (Å²) in [7, 11) is 0. The standard InChI is InChI=1S/C14H9Cl2NO4/c15-7-4-5-10(16)9(6-7)13(19)17-11-3-1-2-8(12(11)18)14(20)21/h1-6,18H,(H,17,19)(H,20,21). The summed E-state index contributed by atoms with van der Waals surface area (Å²) in [5.74, 6) is -2.44. The number of para-hydroxylation sites is 1. The van der Waals surface area contributed by atoms with Crippen LogP contribution in [0, 0.1) is 0 Å². The van der Waals surface area contributed by atoms with E-state index in [1.165, 1.54) is 36.4 Å². The van der Waals surface area contributed by atoms with Gasteiger partial charge in [-0.1, -0.05) is 29.3 Å². The molecule has 0 aliphatic heterocycles. The highest BCUT2D eigenvalue weighted by Crippen LogP contribution is 2.29. The van der Waals surface area contributed by atoms with Crippen LogP contribution in [0.1, 0.15) is 20.7 Å². The van der Waals surface area contributed by atoms with Gasteiger partial charge in [-0.25, -0.2) is 4.79 Å². The number of aromatic hydroxyl groups is 1. The number of carboxylic acids is 1. The molecule has 0 aliphatic rings. The molecule has 2 aromatic rings. The molecule has 7 heteroatoms. The summed E-state index contributed by atoms with van der Waals surface area (Å²) >= 11 is 11.7. The molecule has 21 heavy (non-hydrogen) atoms. The normalized spacial score (nSPS) is 10.2. The van der Waals surface area contributed by atoms with Gasteiger partial charge in [0.1, 0.15) is 5.56 Å². The van der Waals surface area contributed by atoms with E-state index in [1.54, 1.807) is 0 Å². The van der Waals surface area contributed by atoms with Crippen molar-refractivity contribution in [3.63, 3.8) is 0 Å². The van der Waals surface area contributed by atoms with Gasteiger partial charge in [0.2, 0.25) is 0 Å². The van der Waals surface area contributed by atoms with Crippen LogP contribution in [0.3, 0.4) is 0 Å². The quantitative estimate of drug-likeness (QED) is 0.752. The fourth-order valence-electron chi connectivity index (χ4n) is 1.68. The largest absolute Gasteiger partial charge is 0.505 e. The Labute approximate surface area is 129 Å². The lowest BCUT2D eigenvalue weighted by Crippen LogP contribution is -2.13. The molecule has 3 N–H and O–H groups in total. The van der Waals surface area contributed by atoms with E-state index in [1.807, 2.05) is 0 Å². The number of aromatic carboxylic acids is 1. The third-order valence-corrected chi connectivity index (χ3v) is 3.25. The molecule has 0 saturated heterocycles. The molecule has 108 valence electrons. The predicted octanol–water partition coefficient (Wildman–Crippen LogP) is 3.65. The first-order valence-electron chi connectivity index (χ1n) is 5.72. The molecular formula is C14H9Cl2NO4. The third-order valence-electron chi connectivity index (χ3n) is 2.69. The second-order valence-corrected chi connectivity index (χ2v) is 4.93. The monoisotopic (exact) mass is 325 g/mol. The molecule has 0 atom stereocenters. The Morgan fingerprint density at radius 2 is 1.76 bits per heavy atom. The van der Waals surface area contributed by atoms with Crippen molar-refractivity contribution >= 4 is 40.8 Å². The number of anilines is 1. The van der Waals surface area contributed by atoms with Crippen LogP contribution in [0.5, 0.6) is 5.75 Å². The lowest BCUT2D eigenvalue weighted by atomic mass is 10.1. The molecule has 0 radical (unpaired) electrons. The van der Waals surface area contributed by atoms with Crippen molar-refractivity contribution in [1.82, 2.24) is 0 Å². The fraction of sp³-hybridized carbons (Fsp3) is 0. The second-order valence-electron chi connectivity index (χ2n) is 4.09. The Bertz CT molecular complexity index is 731. The Kier molecular flexibility index (Phi) is 4.35. The van der Waals surface area contributed by atoms with Crippen molar-refractivity contribution in [3.05, 3.63) is 57.6 Å². The van der Waals surface area contributed by atoms with Crippen molar-refractivity contribution in [2.75, 3.05) is 5.32 Å². The molecule has 0 unspecified atom stereocenters. The number of halogens is 2. The maximum atomic E-state index is 12.1. The number of carboxylic acid groups (broad SMARTS) is 1. The van der Waals surface area contributed by atoms with E-state index in [9.17, 15) is 14.7 Å². The van der Waals surface area contributed by atoms with E-state index in [0.29, 0.717) is 5.02 Å². The van der Waals surface area contributed by atoms with Gasteiger partial charge in [-0.2, -0.15) is 0 Å². The van der Waals surface area contributed by atoms with Gasteiger partial charge in [-0.05, 0) is 30.3 Å². The number of benzene rings is 2. The second kappa shape index (κ2) is 6.03. The molecule has 2 rings (SSSR count). The number of carbonyl (C=O) groups excluding carboxylic acids is 1. The highest BCUT2D eigenvalue weighted by molar-refractivity contribution is 6.36. The predicted molar refractivity (Wildman–Crippen MR) is 79.5 cm³/mol. The van der Waals surface area contributed by atoms with Crippen LogP contribution in [0.2, 0.25) is 10.0 Å². The Morgan fingerprint density at radius 3 is 2.43 bits per heavy atom.